The number of aliphatic hydroxyl groups is 1. The number of ketones is 1. The average molecular weight is 290 g/mol. The van der Waals surface area contributed by atoms with Crippen LogP contribution in [-0.4, -0.2) is 31.7 Å². The highest BCUT2D eigenvalue weighted by molar-refractivity contribution is 6.38. The molecule has 0 radical (unpaired) electrons. The number of carbonyl (C=O) groups is 2. The molecule has 2 rings (SSSR count). The third-order valence-corrected chi connectivity index (χ3v) is 2.70. The Hall–Kier alpha value is -2.96. The number of aromatic nitrogens is 2. The van der Waals surface area contributed by atoms with E-state index in [2.05, 4.69) is 5.10 Å². The highest BCUT2D eigenvalue weighted by Crippen LogP contribution is 2.13. The molecule has 0 bridgehead atoms. The van der Waals surface area contributed by atoms with Gasteiger partial charge in [-0.2, -0.15) is 5.10 Å². The molecule has 0 saturated carbocycles. The van der Waals surface area contributed by atoms with Crippen molar-refractivity contribution < 1.29 is 24.2 Å². The number of rotatable bonds is 5. The molecule has 0 fully saturated rings. The molecule has 0 atom stereocenters. The first-order valence-electron chi connectivity index (χ1n) is 5.92. The number of aliphatic hydroxyl groups excluding tert-OH is 1. The number of aliphatic carboxylic acids is 1. The Morgan fingerprint density at radius 2 is 1.86 bits per heavy atom. The summed E-state index contributed by atoms with van der Waals surface area (Å²) in [5, 5.41) is 22.3. The Bertz CT molecular complexity index is 704. The van der Waals surface area contributed by atoms with Gasteiger partial charge in [-0.05, 0) is 23.8 Å². The second-order valence-corrected chi connectivity index (χ2v) is 4.20. The number of halogens is 1. The van der Waals surface area contributed by atoms with E-state index in [1.807, 2.05) is 0 Å². The van der Waals surface area contributed by atoms with Gasteiger partial charge in [0.05, 0.1) is 6.54 Å². The lowest BCUT2D eigenvalue weighted by atomic mass is 10.2. The summed E-state index contributed by atoms with van der Waals surface area (Å²) in [7, 11) is 0. The molecular formula is C14H11FN2O4. The maximum Gasteiger partial charge on any atom is 0.376 e. The summed E-state index contributed by atoms with van der Waals surface area (Å²) >= 11 is 0. The van der Waals surface area contributed by atoms with Crippen LogP contribution in [0.4, 0.5) is 4.39 Å². The van der Waals surface area contributed by atoms with Crippen molar-refractivity contribution in [2.75, 3.05) is 0 Å². The van der Waals surface area contributed by atoms with Crippen LogP contribution in [0, 0.1) is 5.82 Å². The van der Waals surface area contributed by atoms with Crippen molar-refractivity contribution in [3.63, 3.8) is 0 Å². The molecule has 0 saturated heterocycles. The van der Waals surface area contributed by atoms with Gasteiger partial charge in [0.2, 0.25) is 0 Å². The van der Waals surface area contributed by atoms with Gasteiger partial charge in [-0.1, -0.05) is 12.1 Å². The quantitative estimate of drug-likeness (QED) is 0.496. The van der Waals surface area contributed by atoms with Gasteiger partial charge in [0.1, 0.15) is 17.3 Å². The molecule has 1 aromatic heterocycles. The second kappa shape index (κ2) is 6.00. The number of hydrogen-bond donors (Lipinski definition) is 2. The maximum atomic E-state index is 12.8. The van der Waals surface area contributed by atoms with E-state index in [9.17, 15) is 19.1 Å². The molecule has 6 nitrogen and oxygen atoms in total. The molecule has 2 aromatic rings. The van der Waals surface area contributed by atoms with Crippen molar-refractivity contribution >= 4 is 17.5 Å². The Morgan fingerprint density at radius 1 is 1.19 bits per heavy atom. The lowest BCUT2D eigenvalue weighted by Gasteiger charge is -2.07. The van der Waals surface area contributed by atoms with Crippen LogP contribution in [0.15, 0.2) is 42.6 Å². The van der Waals surface area contributed by atoms with Gasteiger partial charge in [0.15, 0.2) is 0 Å². The molecule has 0 aliphatic carbocycles. The minimum Gasteiger partial charge on any atom is -0.506 e. The summed E-state index contributed by atoms with van der Waals surface area (Å²) in [5.74, 6) is -3.76. The molecule has 108 valence electrons. The summed E-state index contributed by atoms with van der Waals surface area (Å²) in [6, 6.07) is 7.14. The van der Waals surface area contributed by atoms with Gasteiger partial charge in [0, 0.05) is 12.3 Å². The monoisotopic (exact) mass is 290 g/mol. The van der Waals surface area contributed by atoms with Crippen LogP contribution in [0.25, 0.3) is 5.76 Å². The van der Waals surface area contributed by atoms with Crippen molar-refractivity contribution in [1.29, 1.82) is 0 Å². The fourth-order valence-corrected chi connectivity index (χ4v) is 1.70. The predicted molar refractivity (Wildman–Crippen MR) is 71.0 cm³/mol. The number of benzene rings is 1. The van der Waals surface area contributed by atoms with E-state index in [-0.39, 0.29) is 18.1 Å². The molecule has 0 aliphatic heterocycles. The molecule has 0 unspecified atom stereocenters. The zero-order valence-corrected chi connectivity index (χ0v) is 10.7. The molecule has 1 heterocycles. The zero-order valence-electron chi connectivity index (χ0n) is 10.7. The van der Waals surface area contributed by atoms with Crippen molar-refractivity contribution in [2.24, 2.45) is 0 Å². The van der Waals surface area contributed by atoms with E-state index in [1.165, 1.54) is 29.1 Å². The van der Waals surface area contributed by atoms with Crippen molar-refractivity contribution in [3.8, 4) is 0 Å². The first kappa shape index (κ1) is 14.4. The fraction of sp³-hybridized carbons (Fsp3) is 0.0714. The maximum absolute atomic E-state index is 12.8. The Kier molecular flexibility index (Phi) is 4.13. The number of carboxylic acids is 1. The summed E-state index contributed by atoms with van der Waals surface area (Å²) < 4.78 is 14.2. The van der Waals surface area contributed by atoms with E-state index in [0.717, 1.165) is 5.56 Å². The van der Waals surface area contributed by atoms with Crippen LogP contribution in [0.1, 0.15) is 11.3 Å². The lowest BCUT2D eigenvalue weighted by molar-refractivity contribution is -0.146. The second-order valence-electron chi connectivity index (χ2n) is 4.20. The molecule has 0 aliphatic rings. The normalized spacial score (nSPS) is 11.4. The zero-order chi connectivity index (χ0) is 15.4. The van der Waals surface area contributed by atoms with Crippen LogP contribution in [0.2, 0.25) is 0 Å². The van der Waals surface area contributed by atoms with Crippen LogP contribution in [0.3, 0.4) is 0 Å². The smallest absolute Gasteiger partial charge is 0.376 e. The summed E-state index contributed by atoms with van der Waals surface area (Å²) in [5.41, 5.74) is 0.924. The first-order chi connectivity index (χ1) is 9.97. The van der Waals surface area contributed by atoms with Crippen LogP contribution < -0.4 is 0 Å². The topological polar surface area (TPSA) is 92.4 Å². The van der Waals surface area contributed by atoms with E-state index in [0.29, 0.717) is 6.08 Å². The van der Waals surface area contributed by atoms with Gasteiger partial charge in [0.25, 0.3) is 5.78 Å². The molecular weight excluding hydrogens is 279 g/mol. The first-order valence-corrected chi connectivity index (χ1v) is 5.92. The van der Waals surface area contributed by atoms with Crippen LogP contribution in [0.5, 0.6) is 0 Å². The van der Waals surface area contributed by atoms with Crippen molar-refractivity contribution in [1.82, 2.24) is 9.78 Å². The molecule has 0 spiro atoms. The van der Waals surface area contributed by atoms with Crippen LogP contribution >= 0.6 is 0 Å². The van der Waals surface area contributed by atoms with Gasteiger partial charge < -0.3 is 10.2 Å². The summed E-state index contributed by atoms with van der Waals surface area (Å²) in [6.45, 7) is 0.238. The minimum atomic E-state index is -1.66. The number of carboxylic acid groups (broad SMARTS) is 1. The predicted octanol–water partition coefficient (Wildman–Crippen LogP) is 1.62. The molecule has 7 heteroatoms. The third-order valence-electron chi connectivity index (χ3n) is 2.70. The largest absolute Gasteiger partial charge is 0.506 e. The highest BCUT2D eigenvalue weighted by Gasteiger charge is 2.13. The van der Waals surface area contributed by atoms with Gasteiger partial charge in [-0.15, -0.1) is 0 Å². The molecule has 0 amide bonds. The van der Waals surface area contributed by atoms with E-state index >= 15 is 0 Å². The van der Waals surface area contributed by atoms with Gasteiger partial charge in [-0.25, -0.2) is 9.18 Å². The third kappa shape index (κ3) is 3.53. The SMILES string of the molecule is O=C(O)C(=O)C=C(O)c1ccnn1Cc1ccc(F)cc1. The van der Waals surface area contributed by atoms with Crippen molar-refractivity contribution in [2.45, 2.75) is 6.54 Å². The minimum absolute atomic E-state index is 0.189. The summed E-state index contributed by atoms with van der Waals surface area (Å²) in [6.07, 6.45) is 2.01. The number of carbonyl (C=O) groups excluding carboxylic acids is 1. The Balaban J connectivity index is 2.24. The molecule has 2 N–H and O–H groups in total. The lowest BCUT2D eigenvalue weighted by Crippen LogP contribution is -2.11. The van der Waals surface area contributed by atoms with Crippen LogP contribution in [-0.2, 0) is 16.1 Å². The van der Waals surface area contributed by atoms with Crippen molar-refractivity contribution in [3.05, 3.63) is 59.7 Å². The average Bonchev–Trinajstić information content (AvgIpc) is 2.89. The number of hydrogen-bond acceptors (Lipinski definition) is 4. The van der Waals surface area contributed by atoms with Gasteiger partial charge >= 0.3 is 5.97 Å². The van der Waals surface area contributed by atoms with E-state index in [4.69, 9.17) is 5.11 Å². The molecule has 1 aromatic carbocycles. The van der Waals surface area contributed by atoms with Gasteiger partial charge in [-0.3, -0.25) is 9.48 Å². The Morgan fingerprint density at radius 3 is 2.48 bits per heavy atom. The Labute approximate surface area is 118 Å². The highest BCUT2D eigenvalue weighted by atomic mass is 19.1. The van der Waals surface area contributed by atoms with E-state index < -0.39 is 17.5 Å². The van der Waals surface area contributed by atoms with E-state index in [1.54, 1.807) is 12.1 Å². The number of nitrogens with zero attached hydrogens (tertiary/aromatic N) is 2. The standard InChI is InChI=1S/C14H11FN2O4/c15-10-3-1-9(2-4-10)8-17-11(5-6-16-17)12(18)7-13(19)14(20)21/h1-7,18H,8H2,(H,20,21). The summed E-state index contributed by atoms with van der Waals surface area (Å²) in [4.78, 5) is 21.5. The fourth-order valence-electron chi connectivity index (χ4n) is 1.70. The molecule has 21 heavy (non-hydrogen) atoms.